The van der Waals surface area contributed by atoms with Gasteiger partial charge >= 0.3 is 5.97 Å². The minimum Gasteiger partial charge on any atom is -0.482 e. The molecule has 14 heteroatoms. The number of nitrogens with zero attached hydrogens (tertiary/aromatic N) is 1. The van der Waals surface area contributed by atoms with E-state index in [-0.39, 0.29) is 29.7 Å². The summed E-state index contributed by atoms with van der Waals surface area (Å²) in [6.07, 6.45) is -0.146. The van der Waals surface area contributed by atoms with Gasteiger partial charge in [0.2, 0.25) is 46.6 Å². The zero-order chi connectivity index (χ0) is 25.6. The molecule has 0 bridgehead atoms. The summed E-state index contributed by atoms with van der Waals surface area (Å²) in [4.78, 5) is 61.3. The highest BCUT2D eigenvalue weighted by Crippen LogP contribution is 2.31. The van der Waals surface area contributed by atoms with Crippen LogP contribution in [0.2, 0.25) is 0 Å². The van der Waals surface area contributed by atoms with E-state index in [1.165, 1.54) is 0 Å². The molecule has 0 radical (unpaired) electrons. The maximum Gasteiger partial charge on any atom is 0.349 e. The van der Waals surface area contributed by atoms with Crippen molar-refractivity contribution in [3.8, 4) is 11.5 Å². The number of ether oxygens (including phenoxy) is 2. The number of piperidine rings is 1. The minimum absolute atomic E-state index is 0.0664. The van der Waals surface area contributed by atoms with E-state index in [0.717, 1.165) is 18.2 Å². The first kappa shape index (κ1) is 23.8. The molecule has 0 aromatic heterocycles. The first-order chi connectivity index (χ1) is 16.5. The van der Waals surface area contributed by atoms with Crippen LogP contribution in [-0.4, -0.2) is 47.1 Å². The zero-order valence-corrected chi connectivity index (χ0v) is 17.1. The van der Waals surface area contributed by atoms with Crippen LogP contribution in [-0.2, 0) is 14.4 Å². The van der Waals surface area contributed by atoms with Crippen LogP contribution in [0, 0.1) is 29.1 Å². The molecular formula is C21H11F5N2O7. The van der Waals surface area contributed by atoms with Crippen molar-refractivity contribution in [1.29, 1.82) is 0 Å². The number of halogens is 5. The topological polar surface area (TPSA) is 119 Å². The van der Waals surface area contributed by atoms with Crippen LogP contribution in [0.25, 0.3) is 0 Å². The van der Waals surface area contributed by atoms with Gasteiger partial charge in [-0.2, -0.15) is 8.78 Å². The van der Waals surface area contributed by atoms with Crippen LogP contribution < -0.4 is 14.8 Å². The van der Waals surface area contributed by atoms with E-state index in [1.807, 2.05) is 5.32 Å². The van der Waals surface area contributed by atoms with Crippen molar-refractivity contribution in [1.82, 2.24) is 10.2 Å². The first-order valence-corrected chi connectivity index (χ1v) is 9.71. The molecule has 9 nitrogen and oxygen atoms in total. The molecule has 1 saturated heterocycles. The van der Waals surface area contributed by atoms with Crippen molar-refractivity contribution in [2.24, 2.45) is 0 Å². The van der Waals surface area contributed by atoms with Gasteiger partial charge in [0.05, 0.1) is 11.1 Å². The molecule has 35 heavy (non-hydrogen) atoms. The van der Waals surface area contributed by atoms with Gasteiger partial charge in [-0.1, -0.05) is 0 Å². The molecule has 2 aromatic rings. The Hall–Kier alpha value is -4.36. The van der Waals surface area contributed by atoms with Gasteiger partial charge in [0.1, 0.15) is 11.8 Å². The molecule has 1 atom stereocenters. The number of esters is 1. The predicted octanol–water partition coefficient (Wildman–Crippen LogP) is 1.77. The number of rotatable bonds is 5. The summed E-state index contributed by atoms with van der Waals surface area (Å²) >= 11 is 0. The summed E-state index contributed by atoms with van der Waals surface area (Å²) in [7, 11) is 0. The molecule has 1 unspecified atom stereocenters. The Balaban J connectivity index is 1.47. The second kappa shape index (κ2) is 8.77. The Labute approximate surface area is 191 Å². The number of hydrogen-bond acceptors (Lipinski definition) is 7. The number of carbonyl (C=O) groups is 5. The van der Waals surface area contributed by atoms with Gasteiger partial charge in [0.15, 0.2) is 6.61 Å². The van der Waals surface area contributed by atoms with Crippen LogP contribution in [0.4, 0.5) is 22.0 Å². The second-order valence-corrected chi connectivity index (χ2v) is 7.32. The van der Waals surface area contributed by atoms with Crippen LogP contribution >= 0.6 is 0 Å². The fourth-order valence-corrected chi connectivity index (χ4v) is 3.50. The molecular weight excluding hydrogens is 487 g/mol. The maximum absolute atomic E-state index is 13.6. The van der Waals surface area contributed by atoms with E-state index in [4.69, 9.17) is 4.74 Å². The third-order valence-electron chi connectivity index (χ3n) is 5.15. The number of fused-ring (bicyclic) bond motifs is 1. The average molecular weight is 498 g/mol. The molecule has 2 aliphatic rings. The minimum atomic E-state index is -2.43. The largest absolute Gasteiger partial charge is 0.482 e. The van der Waals surface area contributed by atoms with E-state index < -0.39 is 77.1 Å². The van der Waals surface area contributed by atoms with Crippen molar-refractivity contribution in [3.63, 3.8) is 0 Å². The summed E-state index contributed by atoms with van der Waals surface area (Å²) in [5.74, 6) is -18.3. The number of hydrogen-bond donors (Lipinski definition) is 1. The molecule has 182 valence electrons. The lowest BCUT2D eigenvalue weighted by Crippen LogP contribution is -2.54. The Morgan fingerprint density at radius 2 is 1.51 bits per heavy atom. The standard InChI is InChI=1S/C21H11F5N2O7/c22-13-14(23)16(25)18(17(26)15(13)24)35-12(30)6-34-7-1-2-8-9(5-7)21(33)28(20(8)32)10-3-4-11(29)27-19(10)31/h1-2,5,10H,3-4,6H2,(H,27,29,31). The van der Waals surface area contributed by atoms with Gasteiger partial charge in [-0.05, 0) is 24.6 Å². The lowest BCUT2D eigenvalue weighted by atomic mass is 10.0. The van der Waals surface area contributed by atoms with E-state index >= 15 is 0 Å². The average Bonchev–Trinajstić information content (AvgIpc) is 3.07. The summed E-state index contributed by atoms with van der Waals surface area (Å²) in [6.45, 7) is -1.07. The van der Waals surface area contributed by atoms with Gasteiger partial charge in [-0.15, -0.1) is 0 Å². The monoisotopic (exact) mass is 498 g/mol. The molecule has 0 aliphatic carbocycles. The van der Waals surface area contributed by atoms with E-state index in [9.17, 15) is 45.9 Å². The number of nitrogens with one attached hydrogen (secondary N) is 1. The highest BCUT2D eigenvalue weighted by atomic mass is 19.2. The lowest BCUT2D eigenvalue weighted by Gasteiger charge is -2.27. The molecule has 2 heterocycles. The Morgan fingerprint density at radius 1 is 0.914 bits per heavy atom. The fraction of sp³-hybridized carbons (Fsp3) is 0.190. The number of carbonyl (C=O) groups excluding carboxylic acids is 5. The number of imide groups is 2. The van der Waals surface area contributed by atoms with Gasteiger partial charge in [0, 0.05) is 6.42 Å². The van der Waals surface area contributed by atoms with Crippen LogP contribution in [0.3, 0.4) is 0 Å². The van der Waals surface area contributed by atoms with Crippen molar-refractivity contribution in [2.45, 2.75) is 18.9 Å². The smallest absolute Gasteiger partial charge is 0.349 e. The van der Waals surface area contributed by atoms with Gasteiger partial charge in [-0.25, -0.2) is 18.0 Å². The third-order valence-corrected chi connectivity index (χ3v) is 5.15. The van der Waals surface area contributed by atoms with E-state index in [1.54, 1.807) is 0 Å². The van der Waals surface area contributed by atoms with Gasteiger partial charge in [-0.3, -0.25) is 29.4 Å². The molecule has 1 fully saturated rings. The van der Waals surface area contributed by atoms with Crippen molar-refractivity contribution in [3.05, 3.63) is 58.4 Å². The van der Waals surface area contributed by atoms with Crippen molar-refractivity contribution >= 4 is 29.6 Å². The molecule has 0 spiro atoms. The van der Waals surface area contributed by atoms with Gasteiger partial charge < -0.3 is 9.47 Å². The van der Waals surface area contributed by atoms with Crippen LogP contribution in [0.15, 0.2) is 18.2 Å². The molecule has 2 aliphatic heterocycles. The highest BCUT2D eigenvalue weighted by molar-refractivity contribution is 6.23. The normalized spacial score (nSPS) is 17.4. The predicted molar refractivity (Wildman–Crippen MR) is 100 cm³/mol. The Kier molecular flexibility index (Phi) is 5.96. The SMILES string of the molecule is O=C1CCC(N2C(=O)c3ccc(OCC(=O)Oc4c(F)c(F)c(F)c(F)c4F)cc3C2=O)C(=O)N1. The highest BCUT2D eigenvalue weighted by Gasteiger charge is 2.44. The quantitative estimate of drug-likeness (QED) is 0.167. The lowest BCUT2D eigenvalue weighted by molar-refractivity contribution is -0.137. The molecule has 2 aromatic carbocycles. The third kappa shape index (κ3) is 4.06. The van der Waals surface area contributed by atoms with E-state index in [0.29, 0.717) is 4.90 Å². The van der Waals surface area contributed by atoms with Crippen LogP contribution in [0.1, 0.15) is 33.6 Å². The van der Waals surface area contributed by atoms with Crippen LogP contribution in [0.5, 0.6) is 11.5 Å². The maximum atomic E-state index is 13.6. The zero-order valence-electron chi connectivity index (χ0n) is 17.1. The first-order valence-electron chi connectivity index (χ1n) is 9.71. The fourth-order valence-electron chi connectivity index (χ4n) is 3.50. The Bertz CT molecular complexity index is 1300. The molecule has 1 N–H and O–H groups in total. The van der Waals surface area contributed by atoms with E-state index in [2.05, 4.69) is 4.74 Å². The summed E-state index contributed by atoms with van der Waals surface area (Å²) < 4.78 is 76.0. The van der Waals surface area contributed by atoms with Gasteiger partial charge in [0.25, 0.3) is 11.8 Å². The van der Waals surface area contributed by atoms with Crippen molar-refractivity contribution in [2.75, 3.05) is 6.61 Å². The number of benzene rings is 2. The Morgan fingerprint density at radius 3 is 2.14 bits per heavy atom. The summed E-state index contributed by atoms with van der Waals surface area (Å²) in [5, 5.41) is 2.03. The van der Waals surface area contributed by atoms with Crippen molar-refractivity contribution < 1.29 is 55.4 Å². The molecule has 4 rings (SSSR count). The summed E-state index contributed by atoms with van der Waals surface area (Å²) in [5.41, 5.74) is -0.277. The molecule has 4 amide bonds. The second-order valence-electron chi connectivity index (χ2n) is 7.32. The summed E-state index contributed by atoms with van der Waals surface area (Å²) in [6, 6.07) is 2.16. The number of amides is 4. The molecule has 0 saturated carbocycles.